The quantitative estimate of drug-likeness (QED) is 0.502. The van der Waals surface area contributed by atoms with Crippen LogP contribution in [0.15, 0.2) is 54.6 Å². The van der Waals surface area contributed by atoms with Crippen LogP contribution in [-0.2, 0) is 9.59 Å². The molecule has 3 atom stereocenters. The largest absolute Gasteiger partial charge is 0.481 e. The van der Waals surface area contributed by atoms with Crippen LogP contribution < -0.4 is 15.4 Å². The number of anilines is 1. The Bertz CT molecular complexity index is 842. The lowest BCUT2D eigenvalue weighted by Gasteiger charge is -2.36. The second-order valence-electron chi connectivity index (χ2n) is 7.54. The summed E-state index contributed by atoms with van der Waals surface area (Å²) in [5.74, 6) is 0.306. The van der Waals surface area contributed by atoms with Crippen LogP contribution in [0.4, 0.5) is 5.69 Å². The second kappa shape index (κ2) is 10.6. The smallest absolute Gasteiger partial charge is 0.303 e. The first-order chi connectivity index (χ1) is 14.5. The molecular formula is C23H28N2O5. The standard InChI is InChI=1S/C23H28N2O5/c26-21(13-6-14-22(27)28)25-20-12-5-11-19(23(20)29)24-16-7-4-10-18(15-16)30-17-8-2-1-3-9-17/h1-4,7-10,15,19-20,23-24,29H,5-6,11-14H2,(H,25,26)(H,27,28)/t19-,20-,23+/m1/s1. The zero-order valence-electron chi connectivity index (χ0n) is 16.8. The van der Waals surface area contributed by atoms with Crippen LogP contribution in [0, 0.1) is 0 Å². The summed E-state index contributed by atoms with van der Waals surface area (Å²) < 4.78 is 5.86. The van der Waals surface area contributed by atoms with E-state index in [0.717, 1.165) is 24.3 Å². The van der Waals surface area contributed by atoms with Crippen molar-refractivity contribution in [2.45, 2.75) is 56.7 Å². The van der Waals surface area contributed by atoms with E-state index >= 15 is 0 Å². The maximum atomic E-state index is 12.1. The van der Waals surface area contributed by atoms with Crippen LogP contribution in [0.3, 0.4) is 0 Å². The van der Waals surface area contributed by atoms with Gasteiger partial charge < -0.3 is 25.6 Å². The van der Waals surface area contributed by atoms with Crippen molar-refractivity contribution in [3.05, 3.63) is 54.6 Å². The van der Waals surface area contributed by atoms with Crippen molar-refractivity contribution in [1.82, 2.24) is 5.32 Å². The summed E-state index contributed by atoms with van der Waals surface area (Å²) in [7, 11) is 0. The van der Waals surface area contributed by atoms with Gasteiger partial charge in [-0.15, -0.1) is 0 Å². The maximum absolute atomic E-state index is 12.1. The van der Waals surface area contributed by atoms with E-state index in [1.807, 2.05) is 54.6 Å². The number of rotatable bonds is 9. The van der Waals surface area contributed by atoms with Gasteiger partial charge in [0, 0.05) is 24.6 Å². The molecule has 160 valence electrons. The van der Waals surface area contributed by atoms with Crippen LogP contribution in [-0.4, -0.2) is 40.3 Å². The fraction of sp³-hybridized carbons (Fsp3) is 0.391. The summed E-state index contributed by atoms with van der Waals surface area (Å²) >= 11 is 0. The van der Waals surface area contributed by atoms with Crippen molar-refractivity contribution in [1.29, 1.82) is 0 Å². The Labute approximate surface area is 176 Å². The molecule has 0 unspecified atom stereocenters. The van der Waals surface area contributed by atoms with E-state index in [0.29, 0.717) is 18.6 Å². The highest BCUT2D eigenvalue weighted by atomic mass is 16.5. The molecule has 4 N–H and O–H groups in total. The Morgan fingerprint density at radius 2 is 1.70 bits per heavy atom. The molecule has 2 aromatic carbocycles. The monoisotopic (exact) mass is 412 g/mol. The molecule has 3 rings (SSSR count). The van der Waals surface area contributed by atoms with Crippen molar-refractivity contribution >= 4 is 17.6 Å². The zero-order valence-corrected chi connectivity index (χ0v) is 16.8. The first-order valence-electron chi connectivity index (χ1n) is 10.3. The van der Waals surface area contributed by atoms with Gasteiger partial charge in [-0.05, 0) is 49.9 Å². The molecule has 0 spiro atoms. The van der Waals surface area contributed by atoms with Gasteiger partial charge in [0.05, 0.1) is 18.2 Å². The number of aliphatic carboxylic acids is 1. The van der Waals surface area contributed by atoms with Crippen molar-refractivity contribution < 1.29 is 24.5 Å². The van der Waals surface area contributed by atoms with Crippen LogP contribution >= 0.6 is 0 Å². The fourth-order valence-electron chi connectivity index (χ4n) is 3.66. The highest BCUT2D eigenvalue weighted by Crippen LogP contribution is 2.27. The Balaban J connectivity index is 1.55. The number of hydrogen-bond donors (Lipinski definition) is 4. The number of benzene rings is 2. The first kappa shape index (κ1) is 21.6. The molecule has 0 heterocycles. The average Bonchev–Trinajstić information content (AvgIpc) is 2.72. The second-order valence-corrected chi connectivity index (χ2v) is 7.54. The van der Waals surface area contributed by atoms with Crippen molar-refractivity contribution in [3.63, 3.8) is 0 Å². The van der Waals surface area contributed by atoms with Crippen molar-refractivity contribution in [2.75, 3.05) is 5.32 Å². The minimum atomic E-state index is -0.914. The summed E-state index contributed by atoms with van der Waals surface area (Å²) in [4.78, 5) is 22.6. The summed E-state index contributed by atoms with van der Waals surface area (Å²) in [6, 6.07) is 16.5. The van der Waals surface area contributed by atoms with Gasteiger partial charge in [0.1, 0.15) is 11.5 Å². The number of carbonyl (C=O) groups excluding carboxylic acids is 1. The van der Waals surface area contributed by atoms with Gasteiger partial charge in [0.25, 0.3) is 0 Å². The molecule has 2 aromatic rings. The topological polar surface area (TPSA) is 108 Å². The minimum absolute atomic E-state index is 0.0355. The number of carbonyl (C=O) groups is 2. The highest BCUT2D eigenvalue weighted by Gasteiger charge is 2.32. The lowest BCUT2D eigenvalue weighted by molar-refractivity contribution is -0.137. The van der Waals surface area contributed by atoms with Gasteiger partial charge in [-0.1, -0.05) is 24.3 Å². The van der Waals surface area contributed by atoms with Gasteiger partial charge in [-0.3, -0.25) is 9.59 Å². The summed E-state index contributed by atoms with van der Waals surface area (Å²) in [5.41, 5.74) is 0.834. The van der Waals surface area contributed by atoms with E-state index in [2.05, 4.69) is 10.6 Å². The molecular weight excluding hydrogens is 384 g/mol. The third kappa shape index (κ3) is 6.49. The molecule has 30 heavy (non-hydrogen) atoms. The Kier molecular flexibility index (Phi) is 7.68. The van der Waals surface area contributed by atoms with E-state index < -0.39 is 12.1 Å². The van der Waals surface area contributed by atoms with Gasteiger partial charge in [-0.2, -0.15) is 0 Å². The van der Waals surface area contributed by atoms with Crippen molar-refractivity contribution in [2.24, 2.45) is 0 Å². The molecule has 1 aliphatic rings. The molecule has 0 aromatic heterocycles. The summed E-state index contributed by atoms with van der Waals surface area (Å²) in [6.45, 7) is 0. The molecule has 7 nitrogen and oxygen atoms in total. The minimum Gasteiger partial charge on any atom is -0.481 e. The molecule has 0 bridgehead atoms. The number of para-hydroxylation sites is 1. The Morgan fingerprint density at radius 1 is 0.967 bits per heavy atom. The third-order valence-electron chi connectivity index (χ3n) is 5.16. The third-order valence-corrected chi connectivity index (χ3v) is 5.16. The molecule has 0 radical (unpaired) electrons. The maximum Gasteiger partial charge on any atom is 0.303 e. The molecule has 1 amide bonds. The predicted octanol–water partition coefficient (Wildman–Crippen LogP) is 3.54. The number of aliphatic hydroxyl groups excluding tert-OH is 1. The van der Waals surface area contributed by atoms with Crippen molar-refractivity contribution in [3.8, 4) is 11.5 Å². The lowest BCUT2D eigenvalue weighted by atomic mass is 9.87. The van der Waals surface area contributed by atoms with E-state index in [-0.39, 0.29) is 30.8 Å². The Hall–Kier alpha value is -3.06. The predicted molar refractivity (Wildman–Crippen MR) is 114 cm³/mol. The summed E-state index contributed by atoms with van der Waals surface area (Å²) in [6.07, 6.45) is 2.02. The number of aliphatic hydroxyl groups is 1. The van der Waals surface area contributed by atoms with Gasteiger partial charge in [0.15, 0.2) is 0 Å². The van der Waals surface area contributed by atoms with Gasteiger partial charge >= 0.3 is 5.97 Å². The SMILES string of the molecule is O=C(O)CCCC(=O)N[C@@H]1CCC[C@@H](Nc2cccc(Oc3ccccc3)c2)[C@@H]1O. The van der Waals surface area contributed by atoms with Crippen LogP contribution in [0.2, 0.25) is 0 Å². The van der Waals surface area contributed by atoms with E-state index in [4.69, 9.17) is 9.84 Å². The molecule has 1 saturated carbocycles. The number of ether oxygens (including phenoxy) is 1. The molecule has 0 aliphatic heterocycles. The number of amides is 1. The highest BCUT2D eigenvalue weighted by molar-refractivity contribution is 5.77. The van der Waals surface area contributed by atoms with E-state index in [1.165, 1.54) is 0 Å². The van der Waals surface area contributed by atoms with Crippen LogP contribution in [0.1, 0.15) is 38.5 Å². The van der Waals surface area contributed by atoms with E-state index in [1.54, 1.807) is 0 Å². The normalized spacial score (nSPS) is 20.9. The number of carboxylic acid groups (broad SMARTS) is 1. The van der Waals surface area contributed by atoms with Gasteiger partial charge in [-0.25, -0.2) is 0 Å². The van der Waals surface area contributed by atoms with E-state index in [9.17, 15) is 14.7 Å². The molecule has 1 aliphatic carbocycles. The number of hydrogen-bond acceptors (Lipinski definition) is 5. The molecule has 0 saturated heterocycles. The molecule has 7 heteroatoms. The summed E-state index contributed by atoms with van der Waals surface area (Å²) in [5, 5.41) is 25.6. The first-order valence-corrected chi connectivity index (χ1v) is 10.3. The molecule has 1 fully saturated rings. The zero-order chi connectivity index (χ0) is 21.3. The fourth-order valence-corrected chi connectivity index (χ4v) is 3.66. The number of carboxylic acids is 1. The van der Waals surface area contributed by atoms with Gasteiger partial charge in [0.2, 0.25) is 5.91 Å². The van der Waals surface area contributed by atoms with Crippen LogP contribution in [0.25, 0.3) is 0 Å². The Morgan fingerprint density at radius 3 is 2.47 bits per heavy atom. The lowest BCUT2D eigenvalue weighted by Crippen LogP contribution is -2.53. The number of nitrogens with one attached hydrogen (secondary N) is 2. The average molecular weight is 412 g/mol. The van der Waals surface area contributed by atoms with Crippen LogP contribution in [0.5, 0.6) is 11.5 Å².